The number of anilines is 1. The lowest BCUT2D eigenvalue weighted by Gasteiger charge is -2.32. The summed E-state index contributed by atoms with van der Waals surface area (Å²) in [5.74, 6) is -1.84. The Labute approximate surface area is 258 Å². The normalized spacial score (nSPS) is 14.7. The molecular weight excluding hydrogens is 622 g/mol. The molecule has 1 atom stereocenters. The number of sulfonamides is 1. The molecule has 236 valence electrons. The molecule has 1 aliphatic rings. The molecule has 1 N–H and O–H groups in total. The number of hydrogen-bond donors (Lipinski definition) is 1. The number of hydrogen-bond acceptors (Lipinski definition) is 4. The van der Waals surface area contributed by atoms with Crippen molar-refractivity contribution in [1.29, 1.82) is 0 Å². The first-order chi connectivity index (χ1) is 20.7. The van der Waals surface area contributed by atoms with Crippen molar-refractivity contribution in [2.75, 3.05) is 10.8 Å². The zero-order valence-corrected chi connectivity index (χ0v) is 25.6. The van der Waals surface area contributed by atoms with E-state index in [1.165, 1.54) is 55.5 Å². The SMILES string of the molecule is Cc1ccc(S(=O)(=O)N(CC(=O)N(Cc2ccc(F)cc2)[C@@H](C)C(=O)NC2CCCC2)c2ccc(Cl)c(C(F)(F)F)c2)cc1. The third-order valence-electron chi connectivity index (χ3n) is 7.57. The molecule has 3 aromatic carbocycles. The maximum absolute atomic E-state index is 14.0. The highest BCUT2D eigenvalue weighted by atomic mass is 35.5. The number of amides is 2. The van der Waals surface area contributed by atoms with E-state index in [0.29, 0.717) is 15.9 Å². The van der Waals surface area contributed by atoms with Gasteiger partial charge in [-0.3, -0.25) is 13.9 Å². The molecule has 7 nitrogen and oxygen atoms in total. The van der Waals surface area contributed by atoms with Crippen molar-refractivity contribution in [3.05, 3.63) is 94.3 Å². The van der Waals surface area contributed by atoms with E-state index < -0.39 is 62.7 Å². The summed E-state index contributed by atoms with van der Waals surface area (Å²) in [5.41, 5.74) is -0.523. The Bertz CT molecular complexity index is 1590. The average molecular weight is 654 g/mol. The molecule has 0 spiro atoms. The smallest absolute Gasteiger partial charge is 0.352 e. The van der Waals surface area contributed by atoms with Gasteiger partial charge in [0.15, 0.2) is 0 Å². The molecule has 0 radical (unpaired) electrons. The summed E-state index contributed by atoms with van der Waals surface area (Å²) in [6.45, 7) is 2.09. The van der Waals surface area contributed by atoms with Crippen LogP contribution in [0.25, 0.3) is 0 Å². The van der Waals surface area contributed by atoms with Crippen LogP contribution >= 0.6 is 11.6 Å². The predicted molar refractivity (Wildman–Crippen MR) is 159 cm³/mol. The van der Waals surface area contributed by atoms with Crippen molar-refractivity contribution in [2.24, 2.45) is 0 Å². The molecule has 2 amide bonds. The summed E-state index contributed by atoms with van der Waals surface area (Å²) in [6.07, 6.45) is -1.44. The van der Waals surface area contributed by atoms with Gasteiger partial charge in [0, 0.05) is 12.6 Å². The van der Waals surface area contributed by atoms with Gasteiger partial charge in [0.2, 0.25) is 11.8 Å². The molecule has 4 rings (SSSR count). The van der Waals surface area contributed by atoms with Crippen LogP contribution in [0.3, 0.4) is 0 Å². The predicted octanol–water partition coefficient (Wildman–Crippen LogP) is 6.48. The minimum Gasteiger partial charge on any atom is -0.352 e. The van der Waals surface area contributed by atoms with E-state index in [0.717, 1.165) is 48.3 Å². The Balaban J connectivity index is 1.75. The highest BCUT2D eigenvalue weighted by molar-refractivity contribution is 7.92. The molecule has 44 heavy (non-hydrogen) atoms. The molecule has 3 aromatic rings. The minimum absolute atomic E-state index is 0.0685. The van der Waals surface area contributed by atoms with Gasteiger partial charge in [-0.15, -0.1) is 0 Å². The first-order valence-electron chi connectivity index (χ1n) is 14.0. The van der Waals surface area contributed by atoms with Crippen molar-refractivity contribution in [1.82, 2.24) is 10.2 Å². The summed E-state index contributed by atoms with van der Waals surface area (Å²) in [5, 5.41) is 2.28. The van der Waals surface area contributed by atoms with E-state index in [-0.39, 0.29) is 17.5 Å². The van der Waals surface area contributed by atoms with Crippen LogP contribution in [-0.2, 0) is 32.3 Å². The third kappa shape index (κ3) is 7.89. The number of aryl methyl sites for hydroxylation is 1. The Kier molecular flexibility index (Phi) is 10.2. The third-order valence-corrected chi connectivity index (χ3v) is 9.68. The van der Waals surface area contributed by atoms with Gasteiger partial charge in [-0.1, -0.05) is 54.3 Å². The average Bonchev–Trinajstić information content (AvgIpc) is 3.48. The van der Waals surface area contributed by atoms with Gasteiger partial charge in [0.05, 0.1) is 21.2 Å². The monoisotopic (exact) mass is 653 g/mol. The van der Waals surface area contributed by atoms with Crippen LogP contribution in [0.5, 0.6) is 0 Å². The van der Waals surface area contributed by atoms with Crippen molar-refractivity contribution in [3.8, 4) is 0 Å². The summed E-state index contributed by atoms with van der Waals surface area (Å²) >= 11 is 5.80. The molecule has 1 fully saturated rings. The first-order valence-corrected chi connectivity index (χ1v) is 15.8. The van der Waals surface area contributed by atoms with Crippen LogP contribution < -0.4 is 9.62 Å². The van der Waals surface area contributed by atoms with Crippen molar-refractivity contribution >= 4 is 39.1 Å². The van der Waals surface area contributed by atoms with Gasteiger partial charge in [0.1, 0.15) is 18.4 Å². The molecule has 1 aliphatic carbocycles. The fourth-order valence-corrected chi connectivity index (χ4v) is 6.64. The maximum Gasteiger partial charge on any atom is 0.417 e. The van der Waals surface area contributed by atoms with Crippen LogP contribution in [0.1, 0.15) is 49.3 Å². The molecule has 0 unspecified atom stereocenters. The van der Waals surface area contributed by atoms with Gasteiger partial charge < -0.3 is 10.2 Å². The number of carbonyl (C=O) groups is 2. The van der Waals surface area contributed by atoms with Crippen LogP contribution in [0.15, 0.2) is 71.6 Å². The van der Waals surface area contributed by atoms with Crippen LogP contribution in [-0.4, -0.2) is 43.8 Å². The topological polar surface area (TPSA) is 86.8 Å². The van der Waals surface area contributed by atoms with E-state index in [1.807, 2.05) is 0 Å². The Hall–Kier alpha value is -3.64. The zero-order valence-electron chi connectivity index (χ0n) is 24.1. The quantitative estimate of drug-likeness (QED) is 0.254. The Morgan fingerprint density at radius 2 is 1.61 bits per heavy atom. The lowest BCUT2D eigenvalue weighted by Crippen LogP contribution is -2.52. The molecule has 1 saturated carbocycles. The summed E-state index contributed by atoms with van der Waals surface area (Å²) in [6, 6.07) is 12.2. The number of benzene rings is 3. The van der Waals surface area contributed by atoms with E-state index in [4.69, 9.17) is 11.6 Å². The standard InChI is InChI=1S/C31H32ClF4N3O4S/c1-20-7-14-26(15-8-20)44(42,43)39(25-13-16-28(32)27(17-25)31(34,35)36)19-29(40)38(18-22-9-11-23(33)12-10-22)21(2)30(41)37-24-5-3-4-6-24/h7-17,21,24H,3-6,18-19H2,1-2H3,(H,37,41)/t21-/m0/s1. The molecule has 0 bridgehead atoms. The van der Waals surface area contributed by atoms with Gasteiger partial charge in [-0.25, -0.2) is 12.8 Å². The number of halogens is 5. The van der Waals surface area contributed by atoms with Crippen LogP contribution in [0.2, 0.25) is 5.02 Å². The van der Waals surface area contributed by atoms with E-state index in [1.54, 1.807) is 6.92 Å². The second-order valence-electron chi connectivity index (χ2n) is 10.8. The van der Waals surface area contributed by atoms with Gasteiger partial charge in [-0.05, 0) is 74.7 Å². The number of alkyl halides is 3. The summed E-state index contributed by atoms with van der Waals surface area (Å²) in [4.78, 5) is 28.1. The largest absolute Gasteiger partial charge is 0.417 e. The van der Waals surface area contributed by atoms with E-state index in [9.17, 15) is 35.6 Å². The van der Waals surface area contributed by atoms with E-state index >= 15 is 0 Å². The van der Waals surface area contributed by atoms with Gasteiger partial charge >= 0.3 is 6.18 Å². The second-order valence-corrected chi connectivity index (χ2v) is 13.1. The zero-order chi connectivity index (χ0) is 32.2. The van der Waals surface area contributed by atoms with Gasteiger partial charge in [0.25, 0.3) is 10.0 Å². The van der Waals surface area contributed by atoms with E-state index in [2.05, 4.69) is 5.32 Å². The molecule has 0 saturated heterocycles. The fraction of sp³-hybridized carbons (Fsp3) is 0.355. The van der Waals surface area contributed by atoms with Crippen LogP contribution in [0, 0.1) is 12.7 Å². The Morgan fingerprint density at radius 1 is 1.00 bits per heavy atom. The lowest BCUT2D eigenvalue weighted by atomic mass is 10.1. The van der Waals surface area contributed by atoms with Gasteiger partial charge in [-0.2, -0.15) is 13.2 Å². The number of rotatable bonds is 10. The lowest BCUT2D eigenvalue weighted by molar-refractivity contribution is -0.139. The molecule has 13 heteroatoms. The van der Waals surface area contributed by atoms with Crippen molar-refractivity contribution in [2.45, 2.75) is 69.2 Å². The molecule has 0 aromatic heterocycles. The van der Waals surface area contributed by atoms with Crippen molar-refractivity contribution < 1.29 is 35.6 Å². The summed E-state index contributed by atoms with van der Waals surface area (Å²) in [7, 11) is -4.59. The van der Waals surface area contributed by atoms with Crippen LogP contribution in [0.4, 0.5) is 23.2 Å². The fourth-order valence-electron chi connectivity index (χ4n) is 5.01. The number of nitrogens with zero attached hydrogens (tertiary/aromatic N) is 2. The molecule has 0 heterocycles. The number of carbonyl (C=O) groups excluding carboxylic acids is 2. The summed E-state index contributed by atoms with van der Waals surface area (Å²) < 4.78 is 83.3. The highest BCUT2D eigenvalue weighted by Gasteiger charge is 2.37. The van der Waals surface area contributed by atoms with Crippen molar-refractivity contribution in [3.63, 3.8) is 0 Å². The maximum atomic E-state index is 14.0. The second kappa shape index (κ2) is 13.6. The number of nitrogens with one attached hydrogen (secondary N) is 1. The highest BCUT2D eigenvalue weighted by Crippen LogP contribution is 2.38. The first kappa shape index (κ1) is 33.3. The molecular formula is C31H32ClF4N3O4S. The molecule has 0 aliphatic heterocycles. The Morgan fingerprint density at radius 3 is 2.20 bits per heavy atom. The minimum atomic E-state index is -4.90.